The summed E-state index contributed by atoms with van der Waals surface area (Å²) >= 11 is 3.19. The first kappa shape index (κ1) is 11.4. The van der Waals surface area contributed by atoms with Crippen LogP contribution >= 0.6 is 15.9 Å². The molecular formula is C11H13BrFN3. The molecule has 86 valence electrons. The molecule has 0 amide bonds. The van der Waals surface area contributed by atoms with Crippen molar-refractivity contribution < 1.29 is 4.39 Å². The number of aliphatic imine (C=N–C) groups is 1. The maximum atomic E-state index is 13.2. The Hall–Kier alpha value is -1.10. The number of benzene rings is 1. The summed E-state index contributed by atoms with van der Waals surface area (Å²) in [5, 5.41) is 0. The van der Waals surface area contributed by atoms with Gasteiger partial charge >= 0.3 is 0 Å². The largest absolute Gasteiger partial charge is 0.370 e. The van der Waals surface area contributed by atoms with Crippen molar-refractivity contribution in [2.45, 2.75) is 12.5 Å². The molecule has 0 aromatic heterocycles. The third-order valence-electron chi connectivity index (χ3n) is 3.17. The highest BCUT2D eigenvalue weighted by Gasteiger charge is 2.37. The lowest BCUT2D eigenvalue weighted by molar-refractivity contribution is 0.267. The van der Waals surface area contributed by atoms with Crippen molar-refractivity contribution in [1.29, 1.82) is 0 Å². The van der Waals surface area contributed by atoms with Crippen LogP contribution in [0, 0.1) is 5.82 Å². The average Bonchev–Trinajstić information content (AvgIpc) is 2.52. The number of likely N-dealkylation sites (N-methyl/N-ethyl adjacent to an activating group) is 1. The molecule has 1 aromatic rings. The zero-order chi connectivity index (χ0) is 11.9. The monoisotopic (exact) mass is 285 g/mol. The minimum absolute atomic E-state index is 0.262. The van der Waals surface area contributed by atoms with Gasteiger partial charge in [0.2, 0.25) is 0 Å². The number of guanidine groups is 1. The molecule has 0 radical (unpaired) electrons. The Kier molecular flexibility index (Phi) is 2.66. The molecule has 1 aliphatic rings. The van der Waals surface area contributed by atoms with Crippen molar-refractivity contribution in [3.63, 3.8) is 0 Å². The number of hydrogen-bond donors (Lipinski definition) is 1. The van der Waals surface area contributed by atoms with Crippen molar-refractivity contribution in [3.05, 3.63) is 34.1 Å². The fraction of sp³-hybridized carbons (Fsp3) is 0.364. The van der Waals surface area contributed by atoms with Gasteiger partial charge in [-0.05, 0) is 40.5 Å². The number of halogens is 2. The number of nitrogens with two attached hydrogens (primary N) is 1. The summed E-state index contributed by atoms with van der Waals surface area (Å²) in [7, 11) is 1.89. The molecule has 2 N–H and O–H groups in total. The lowest BCUT2D eigenvalue weighted by Gasteiger charge is -2.33. The van der Waals surface area contributed by atoms with Crippen LogP contribution in [-0.4, -0.2) is 24.5 Å². The minimum Gasteiger partial charge on any atom is -0.370 e. The Morgan fingerprint density at radius 1 is 1.56 bits per heavy atom. The quantitative estimate of drug-likeness (QED) is 0.858. The third-order valence-corrected chi connectivity index (χ3v) is 3.78. The van der Waals surface area contributed by atoms with E-state index in [2.05, 4.69) is 20.9 Å². The van der Waals surface area contributed by atoms with Gasteiger partial charge < -0.3 is 10.6 Å². The molecule has 0 saturated heterocycles. The molecule has 0 spiro atoms. The highest BCUT2D eigenvalue weighted by atomic mass is 79.9. The number of hydrogen-bond acceptors (Lipinski definition) is 3. The molecule has 3 nitrogen and oxygen atoms in total. The molecule has 16 heavy (non-hydrogen) atoms. The van der Waals surface area contributed by atoms with E-state index in [1.807, 2.05) is 18.9 Å². The van der Waals surface area contributed by atoms with E-state index in [1.165, 1.54) is 6.07 Å². The van der Waals surface area contributed by atoms with Crippen molar-refractivity contribution >= 4 is 21.9 Å². The van der Waals surface area contributed by atoms with E-state index in [0.717, 1.165) is 5.56 Å². The van der Waals surface area contributed by atoms with Crippen molar-refractivity contribution in [2.24, 2.45) is 10.7 Å². The van der Waals surface area contributed by atoms with Crippen LogP contribution in [0.1, 0.15) is 12.5 Å². The van der Waals surface area contributed by atoms with E-state index in [-0.39, 0.29) is 11.4 Å². The summed E-state index contributed by atoms with van der Waals surface area (Å²) in [6, 6.07) is 5.00. The minimum atomic E-state index is -0.291. The van der Waals surface area contributed by atoms with Crippen LogP contribution in [0.4, 0.5) is 4.39 Å². The predicted octanol–water partition coefficient (Wildman–Crippen LogP) is 2.06. The maximum Gasteiger partial charge on any atom is 0.191 e. The molecule has 1 atom stereocenters. The van der Waals surface area contributed by atoms with Gasteiger partial charge in [0.25, 0.3) is 0 Å². The van der Waals surface area contributed by atoms with Gasteiger partial charge in [-0.1, -0.05) is 6.07 Å². The molecule has 0 saturated carbocycles. The molecular weight excluding hydrogens is 273 g/mol. The van der Waals surface area contributed by atoms with Gasteiger partial charge in [0.05, 0.1) is 16.6 Å². The van der Waals surface area contributed by atoms with Gasteiger partial charge in [0.1, 0.15) is 5.82 Å². The Morgan fingerprint density at radius 3 is 2.75 bits per heavy atom. The van der Waals surface area contributed by atoms with E-state index in [1.54, 1.807) is 12.1 Å². The topological polar surface area (TPSA) is 41.6 Å². The molecule has 1 unspecified atom stereocenters. The van der Waals surface area contributed by atoms with Crippen molar-refractivity contribution in [1.82, 2.24) is 4.90 Å². The first-order chi connectivity index (χ1) is 7.45. The van der Waals surface area contributed by atoms with Gasteiger partial charge in [-0.2, -0.15) is 0 Å². The molecule has 0 fully saturated rings. The predicted molar refractivity (Wildman–Crippen MR) is 65.7 cm³/mol. The van der Waals surface area contributed by atoms with Crippen molar-refractivity contribution in [3.8, 4) is 0 Å². The van der Waals surface area contributed by atoms with Crippen LogP contribution in [0.15, 0.2) is 27.7 Å². The highest BCUT2D eigenvalue weighted by molar-refractivity contribution is 9.10. The van der Waals surface area contributed by atoms with Crippen LogP contribution in [0.3, 0.4) is 0 Å². The molecule has 1 heterocycles. The molecule has 0 bridgehead atoms. The summed E-state index contributed by atoms with van der Waals surface area (Å²) in [6.45, 7) is 2.63. The van der Waals surface area contributed by atoms with E-state index < -0.39 is 0 Å². The van der Waals surface area contributed by atoms with Gasteiger partial charge in [-0.15, -0.1) is 0 Å². The Labute approximate surface area is 102 Å². The SMILES string of the molecule is CN1C(N)=NCC1(C)c1ccc(F)c(Br)c1. The standard InChI is InChI=1S/C11H13BrFN3/c1-11(6-15-10(14)16(11)2)7-3-4-9(13)8(12)5-7/h3-5H,6H2,1-2H3,(H2,14,15). The zero-order valence-electron chi connectivity index (χ0n) is 9.17. The maximum absolute atomic E-state index is 13.2. The zero-order valence-corrected chi connectivity index (χ0v) is 10.8. The smallest absolute Gasteiger partial charge is 0.191 e. The Bertz CT molecular complexity index is 461. The second-order valence-electron chi connectivity index (χ2n) is 4.14. The summed E-state index contributed by atoms with van der Waals surface area (Å²) < 4.78 is 13.6. The second kappa shape index (κ2) is 3.73. The molecule has 2 rings (SSSR count). The molecule has 5 heteroatoms. The molecule has 0 aliphatic carbocycles. The summed E-state index contributed by atoms with van der Waals surface area (Å²) in [4.78, 5) is 6.12. The van der Waals surface area contributed by atoms with Crippen LogP contribution in [0.2, 0.25) is 0 Å². The van der Waals surface area contributed by atoms with Crippen LogP contribution < -0.4 is 5.73 Å². The summed E-state index contributed by atoms with van der Waals surface area (Å²) in [5.74, 6) is 0.254. The van der Waals surface area contributed by atoms with Gasteiger partial charge in [0.15, 0.2) is 5.96 Å². The number of rotatable bonds is 1. The number of nitrogens with zero attached hydrogens (tertiary/aromatic N) is 2. The second-order valence-corrected chi connectivity index (χ2v) is 4.99. The van der Waals surface area contributed by atoms with Crippen LogP contribution in [0.25, 0.3) is 0 Å². The third kappa shape index (κ3) is 1.59. The Morgan fingerprint density at radius 2 is 2.25 bits per heavy atom. The van der Waals surface area contributed by atoms with Gasteiger partial charge in [-0.25, -0.2) is 4.39 Å². The summed E-state index contributed by atoms with van der Waals surface area (Å²) in [6.07, 6.45) is 0. The van der Waals surface area contributed by atoms with Crippen LogP contribution in [0.5, 0.6) is 0 Å². The summed E-state index contributed by atoms with van der Waals surface area (Å²) in [5.41, 5.74) is 6.45. The van der Waals surface area contributed by atoms with E-state index in [0.29, 0.717) is 17.0 Å². The van der Waals surface area contributed by atoms with Gasteiger partial charge in [-0.3, -0.25) is 4.99 Å². The fourth-order valence-electron chi connectivity index (χ4n) is 1.82. The lowest BCUT2D eigenvalue weighted by Crippen LogP contribution is -2.44. The van der Waals surface area contributed by atoms with Crippen LogP contribution in [-0.2, 0) is 5.54 Å². The van der Waals surface area contributed by atoms with E-state index in [4.69, 9.17) is 5.73 Å². The lowest BCUT2D eigenvalue weighted by atomic mass is 9.91. The normalized spacial score (nSPS) is 24.8. The average molecular weight is 286 g/mol. The fourth-order valence-corrected chi connectivity index (χ4v) is 2.19. The highest BCUT2D eigenvalue weighted by Crippen LogP contribution is 2.33. The Balaban J connectivity index is 2.42. The molecule has 1 aliphatic heterocycles. The first-order valence-corrected chi connectivity index (χ1v) is 5.74. The molecule has 1 aromatic carbocycles. The van der Waals surface area contributed by atoms with E-state index in [9.17, 15) is 4.39 Å². The van der Waals surface area contributed by atoms with Crippen molar-refractivity contribution in [2.75, 3.05) is 13.6 Å². The van der Waals surface area contributed by atoms with Gasteiger partial charge in [0, 0.05) is 7.05 Å². The van der Waals surface area contributed by atoms with E-state index >= 15 is 0 Å². The first-order valence-electron chi connectivity index (χ1n) is 4.94.